The molecule has 3 nitrogen and oxygen atoms in total. The van der Waals surface area contributed by atoms with E-state index in [9.17, 15) is 0 Å². The molecule has 0 bridgehead atoms. The smallest absolute Gasteiger partial charge is 0.121 e. The average molecular weight is 220 g/mol. The summed E-state index contributed by atoms with van der Waals surface area (Å²) < 4.78 is 5.29. The first kappa shape index (κ1) is 11.4. The number of benzene rings is 1. The number of hydrogen-bond donors (Lipinski definition) is 0. The van der Waals surface area contributed by atoms with Crippen LogP contribution in [0.2, 0.25) is 0 Å². The van der Waals surface area contributed by atoms with E-state index < -0.39 is 0 Å². The summed E-state index contributed by atoms with van der Waals surface area (Å²) in [5.41, 5.74) is 2.55. The van der Waals surface area contributed by atoms with Gasteiger partial charge < -0.3 is 4.74 Å². The van der Waals surface area contributed by atoms with E-state index in [1.807, 2.05) is 0 Å². The van der Waals surface area contributed by atoms with Gasteiger partial charge in [0.1, 0.15) is 5.75 Å². The fourth-order valence-electron chi connectivity index (χ4n) is 2.47. The first-order valence-corrected chi connectivity index (χ1v) is 5.68. The Balaban J connectivity index is 2.30. The van der Waals surface area contributed by atoms with Crippen molar-refractivity contribution < 1.29 is 4.74 Å². The van der Waals surface area contributed by atoms with Crippen molar-refractivity contribution in [1.82, 2.24) is 9.80 Å². The molecule has 0 aliphatic carbocycles. The molecule has 2 rings (SSSR count). The highest BCUT2D eigenvalue weighted by Crippen LogP contribution is 2.29. The summed E-state index contributed by atoms with van der Waals surface area (Å²) in [6, 6.07) is 6.45. The highest BCUT2D eigenvalue weighted by Gasteiger charge is 2.27. The molecule has 0 radical (unpaired) electrons. The van der Waals surface area contributed by atoms with Gasteiger partial charge in [0.2, 0.25) is 0 Å². The van der Waals surface area contributed by atoms with Gasteiger partial charge >= 0.3 is 0 Å². The van der Waals surface area contributed by atoms with Gasteiger partial charge in [0, 0.05) is 13.1 Å². The van der Waals surface area contributed by atoms with Gasteiger partial charge in [-0.3, -0.25) is 9.80 Å². The van der Waals surface area contributed by atoms with Crippen LogP contribution in [-0.4, -0.2) is 44.1 Å². The lowest BCUT2D eigenvalue weighted by atomic mass is 10.1. The SMILES string of the molecule is COc1ccc(C2N(C)CCN2C)cc1C. The molecule has 0 atom stereocenters. The quantitative estimate of drug-likeness (QED) is 0.757. The minimum Gasteiger partial charge on any atom is -0.496 e. The van der Waals surface area contributed by atoms with Gasteiger partial charge in [0.25, 0.3) is 0 Å². The van der Waals surface area contributed by atoms with Crippen LogP contribution in [0.1, 0.15) is 17.3 Å². The molecule has 1 aromatic carbocycles. The molecule has 0 aromatic heterocycles. The van der Waals surface area contributed by atoms with E-state index in [0.717, 1.165) is 18.8 Å². The molecule has 16 heavy (non-hydrogen) atoms. The average Bonchev–Trinajstić information content (AvgIpc) is 2.58. The Labute approximate surface area is 97.6 Å². The van der Waals surface area contributed by atoms with Crippen LogP contribution >= 0.6 is 0 Å². The molecule has 1 aliphatic rings. The summed E-state index contributed by atoms with van der Waals surface area (Å²) in [5, 5.41) is 0. The Morgan fingerprint density at radius 1 is 1.19 bits per heavy atom. The van der Waals surface area contributed by atoms with Crippen LogP contribution in [0.4, 0.5) is 0 Å². The molecule has 0 unspecified atom stereocenters. The number of rotatable bonds is 2. The zero-order valence-electron chi connectivity index (χ0n) is 10.5. The van der Waals surface area contributed by atoms with Crippen molar-refractivity contribution in [3.05, 3.63) is 29.3 Å². The van der Waals surface area contributed by atoms with Gasteiger partial charge in [-0.2, -0.15) is 0 Å². The van der Waals surface area contributed by atoms with Crippen LogP contribution in [0.5, 0.6) is 5.75 Å². The molecule has 0 amide bonds. The Kier molecular flexibility index (Phi) is 3.17. The van der Waals surface area contributed by atoms with Crippen LogP contribution in [0.25, 0.3) is 0 Å². The minimum absolute atomic E-state index is 0.407. The summed E-state index contributed by atoms with van der Waals surface area (Å²) >= 11 is 0. The first-order valence-electron chi connectivity index (χ1n) is 5.68. The lowest BCUT2D eigenvalue weighted by Gasteiger charge is -2.25. The van der Waals surface area contributed by atoms with Crippen molar-refractivity contribution in [2.45, 2.75) is 13.1 Å². The highest BCUT2D eigenvalue weighted by molar-refractivity contribution is 5.37. The maximum Gasteiger partial charge on any atom is 0.121 e. The summed E-state index contributed by atoms with van der Waals surface area (Å²) in [7, 11) is 6.07. The molecule has 1 saturated heterocycles. The summed E-state index contributed by atoms with van der Waals surface area (Å²) in [4.78, 5) is 4.75. The second-order valence-electron chi connectivity index (χ2n) is 4.56. The largest absolute Gasteiger partial charge is 0.496 e. The number of likely N-dealkylation sites (N-methyl/N-ethyl adjacent to an activating group) is 2. The third-order valence-electron chi connectivity index (χ3n) is 3.36. The van der Waals surface area contributed by atoms with E-state index >= 15 is 0 Å². The molecule has 1 heterocycles. The van der Waals surface area contributed by atoms with Gasteiger partial charge in [0.05, 0.1) is 13.3 Å². The predicted octanol–water partition coefficient (Wildman–Crippen LogP) is 1.88. The normalized spacial score (nSPS) is 19.2. The maximum atomic E-state index is 5.29. The number of ether oxygens (including phenoxy) is 1. The second-order valence-corrected chi connectivity index (χ2v) is 4.56. The van der Waals surface area contributed by atoms with Gasteiger partial charge in [-0.15, -0.1) is 0 Å². The molecule has 0 N–H and O–H groups in total. The first-order chi connectivity index (χ1) is 7.63. The van der Waals surface area contributed by atoms with Crippen LogP contribution in [0, 0.1) is 6.92 Å². The van der Waals surface area contributed by atoms with Gasteiger partial charge in [0.15, 0.2) is 0 Å². The molecule has 1 aromatic rings. The van der Waals surface area contributed by atoms with Crippen molar-refractivity contribution >= 4 is 0 Å². The van der Waals surface area contributed by atoms with E-state index in [1.165, 1.54) is 11.1 Å². The van der Waals surface area contributed by atoms with Crippen LogP contribution in [0.3, 0.4) is 0 Å². The Bertz CT molecular complexity index is 368. The van der Waals surface area contributed by atoms with E-state index in [-0.39, 0.29) is 0 Å². The third-order valence-corrected chi connectivity index (χ3v) is 3.36. The zero-order valence-corrected chi connectivity index (χ0v) is 10.5. The lowest BCUT2D eigenvalue weighted by Crippen LogP contribution is -2.25. The molecule has 88 valence electrons. The van der Waals surface area contributed by atoms with Gasteiger partial charge in [-0.05, 0) is 44.3 Å². The minimum atomic E-state index is 0.407. The second kappa shape index (κ2) is 4.44. The molecule has 0 saturated carbocycles. The van der Waals surface area contributed by atoms with Gasteiger partial charge in [-0.1, -0.05) is 6.07 Å². The van der Waals surface area contributed by atoms with Crippen LogP contribution < -0.4 is 4.74 Å². The molecule has 1 aliphatic heterocycles. The summed E-state index contributed by atoms with van der Waals surface area (Å²) in [5.74, 6) is 0.965. The standard InChI is InChI=1S/C13H20N2O/c1-10-9-11(5-6-12(10)16-4)13-14(2)7-8-15(13)3/h5-6,9,13H,7-8H2,1-4H3. The maximum absolute atomic E-state index is 5.29. The van der Waals surface area contributed by atoms with E-state index in [0.29, 0.717) is 6.17 Å². The molecule has 1 fully saturated rings. The molecular weight excluding hydrogens is 200 g/mol. The van der Waals surface area contributed by atoms with Crippen molar-refractivity contribution in [2.24, 2.45) is 0 Å². The van der Waals surface area contributed by atoms with E-state index in [1.54, 1.807) is 7.11 Å². The Morgan fingerprint density at radius 2 is 1.81 bits per heavy atom. The van der Waals surface area contributed by atoms with Gasteiger partial charge in [-0.25, -0.2) is 0 Å². The van der Waals surface area contributed by atoms with E-state index in [2.05, 4.69) is 49.0 Å². The van der Waals surface area contributed by atoms with Crippen LogP contribution in [-0.2, 0) is 0 Å². The van der Waals surface area contributed by atoms with Crippen molar-refractivity contribution in [3.63, 3.8) is 0 Å². The van der Waals surface area contributed by atoms with Crippen LogP contribution in [0.15, 0.2) is 18.2 Å². The van der Waals surface area contributed by atoms with E-state index in [4.69, 9.17) is 4.74 Å². The number of methoxy groups -OCH3 is 1. The number of hydrogen-bond acceptors (Lipinski definition) is 3. The highest BCUT2D eigenvalue weighted by atomic mass is 16.5. The molecular formula is C13H20N2O. The number of aryl methyl sites for hydroxylation is 1. The zero-order chi connectivity index (χ0) is 11.7. The Morgan fingerprint density at radius 3 is 2.31 bits per heavy atom. The molecule has 3 heteroatoms. The fraction of sp³-hybridized carbons (Fsp3) is 0.538. The van der Waals surface area contributed by atoms with Crippen molar-refractivity contribution in [2.75, 3.05) is 34.3 Å². The molecule has 0 spiro atoms. The number of nitrogens with zero attached hydrogens (tertiary/aromatic N) is 2. The topological polar surface area (TPSA) is 15.7 Å². The lowest BCUT2D eigenvalue weighted by molar-refractivity contribution is 0.190. The van der Waals surface area contributed by atoms with Crippen molar-refractivity contribution in [1.29, 1.82) is 0 Å². The van der Waals surface area contributed by atoms with Crippen molar-refractivity contribution in [3.8, 4) is 5.75 Å². The summed E-state index contributed by atoms with van der Waals surface area (Å²) in [6.45, 7) is 4.36. The predicted molar refractivity (Wildman–Crippen MR) is 65.7 cm³/mol. The fourth-order valence-corrected chi connectivity index (χ4v) is 2.47. The monoisotopic (exact) mass is 220 g/mol. The summed E-state index contributed by atoms with van der Waals surface area (Å²) in [6.07, 6.45) is 0.407. The third kappa shape index (κ3) is 1.93. The Hall–Kier alpha value is -1.06.